The summed E-state index contributed by atoms with van der Waals surface area (Å²) in [7, 11) is 0. The largest absolute Gasteiger partial charge is 0.374 e. The monoisotopic (exact) mass is 361 g/mol. The van der Waals surface area contributed by atoms with Crippen LogP contribution in [0, 0.1) is 0 Å². The highest BCUT2D eigenvalue weighted by atomic mass is 79.9. The van der Waals surface area contributed by atoms with Gasteiger partial charge in [-0.3, -0.25) is 4.79 Å². The molecule has 0 atom stereocenters. The zero-order valence-corrected chi connectivity index (χ0v) is 14.4. The standard InChI is InChI=1S/C18H20BrNO2/c1-18(2,13-22-12-14-7-4-3-5-8-14)20-17(21)15-9-6-10-16(19)11-15/h3-11H,12-13H2,1-2H3,(H,20,21). The Labute approximate surface area is 139 Å². The van der Waals surface area contributed by atoms with Crippen LogP contribution in [0.4, 0.5) is 0 Å². The highest BCUT2D eigenvalue weighted by molar-refractivity contribution is 9.10. The second kappa shape index (κ2) is 7.56. The fraction of sp³-hybridized carbons (Fsp3) is 0.278. The van der Waals surface area contributed by atoms with Crippen LogP contribution < -0.4 is 5.32 Å². The average Bonchev–Trinajstić information content (AvgIpc) is 2.47. The van der Waals surface area contributed by atoms with Crippen LogP contribution in [0.2, 0.25) is 0 Å². The summed E-state index contributed by atoms with van der Waals surface area (Å²) in [5.41, 5.74) is 1.32. The molecule has 0 aliphatic carbocycles. The van der Waals surface area contributed by atoms with Crippen molar-refractivity contribution in [1.29, 1.82) is 0 Å². The highest BCUT2D eigenvalue weighted by Gasteiger charge is 2.21. The fourth-order valence-corrected chi connectivity index (χ4v) is 2.44. The van der Waals surface area contributed by atoms with Gasteiger partial charge in [-0.2, -0.15) is 0 Å². The quantitative estimate of drug-likeness (QED) is 0.838. The van der Waals surface area contributed by atoms with Gasteiger partial charge in [-0.05, 0) is 37.6 Å². The van der Waals surface area contributed by atoms with Crippen molar-refractivity contribution in [2.75, 3.05) is 6.61 Å². The third-order valence-electron chi connectivity index (χ3n) is 3.11. The van der Waals surface area contributed by atoms with Crippen LogP contribution in [-0.4, -0.2) is 18.1 Å². The minimum atomic E-state index is -0.436. The molecular formula is C18H20BrNO2. The molecule has 0 unspecified atom stereocenters. The Kier molecular flexibility index (Phi) is 5.75. The smallest absolute Gasteiger partial charge is 0.251 e. The number of hydrogen-bond donors (Lipinski definition) is 1. The van der Waals surface area contributed by atoms with Gasteiger partial charge in [0.2, 0.25) is 0 Å². The van der Waals surface area contributed by atoms with Gasteiger partial charge in [0.25, 0.3) is 5.91 Å². The summed E-state index contributed by atoms with van der Waals surface area (Å²) < 4.78 is 6.61. The van der Waals surface area contributed by atoms with Crippen molar-refractivity contribution in [3.05, 3.63) is 70.2 Å². The van der Waals surface area contributed by atoms with Gasteiger partial charge in [0.05, 0.1) is 18.8 Å². The number of carbonyl (C=O) groups is 1. The van der Waals surface area contributed by atoms with E-state index in [-0.39, 0.29) is 5.91 Å². The van der Waals surface area contributed by atoms with Crippen LogP contribution in [0.5, 0.6) is 0 Å². The van der Waals surface area contributed by atoms with Crippen LogP contribution in [0.3, 0.4) is 0 Å². The zero-order valence-electron chi connectivity index (χ0n) is 12.8. The van der Waals surface area contributed by atoms with Crippen LogP contribution in [-0.2, 0) is 11.3 Å². The Hall–Kier alpha value is -1.65. The SMILES string of the molecule is CC(C)(COCc1ccccc1)NC(=O)c1cccc(Br)c1. The third kappa shape index (κ3) is 5.28. The van der Waals surface area contributed by atoms with E-state index in [1.54, 1.807) is 12.1 Å². The van der Waals surface area contributed by atoms with E-state index in [4.69, 9.17) is 4.74 Å². The van der Waals surface area contributed by atoms with Crippen LogP contribution >= 0.6 is 15.9 Å². The van der Waals surface area contributed by atoms with Gasteiger partial charge in [-0.25, -0.2) is 0 Å². The molecular weight excluding hydrogens is 342 g/mol. The molecule has 116 valence electrons. The summed E-state index contributed by atoms with van der Waals surface area (Å²) in [5, 5.41) is 3.00. The molecule has 1 N–H and O–H groups in total. The number of halogens is 1. The van der Waals surface area contributed by atoms with E-state index in [9.17, 15) is 4.79 Å². The van der Waals surface area contributed by atoms with Gasteiger partial charge in [0.15, 0.2) is 0 Å². The van der Waals surface area contributed by atoms with Crippen molar-refractivity contribution in [2.24, 2.45) is 0 Å². The van der Waals surface area contributed by atoms with Gasteiger partial charge in [-0.1, -0.05) is 52.3 Å². The normalized spacial score (nSPS) is 11.2. The first-order valence-corrected chi connectivity index (χ1v) is 7.95. The molecule has 0 saturated carbocycles. The molecule has 0 saturated heterocycles. The lowest BCUT2D eigenvalue weighted by Gasteiger charge is -2.26. The number of benzene rings is 2. The Bertz CT molecular complexity index is 626. The maximum absolute atomic E-state index is 12.3. The van der Waals surface area contributed by atoms with E-state index >= 15 is 0 Å². The van der Waals surface area contributed by atoms with Crippen LogP contribution in [0.1, 0.15) is 29.8 Å². The van der Waals surface area contributed by atoms with E-state index in [1.165, 1.54) is 0 Å². The fourth-order valence-electron chi connectivity index (χ4n) is 2.04. The number of nitrogens with one attached hydrogen (secondary N) is 1. The van der Waals surface area contributed by atoms with E-state index < -0.39 is 5.54 Å². The number of carbonyl (C=O) groups excluding carboxylic acids is 1. The summed E-state index contributed by atoms with van der Waals surface area (Å²) in [4.78, 5) is 12.3. The lowest BCUT2D eigenvalue weighted by Crippen LogP contribution is -2.47. The summed E-state index contributed by atoms with van der Waals surface area (Å²) in [6.45, 7) is 4.89. The Balaban J connectivity index is 1.86. The highest BCUT2D eigenvalue weighted by Crippen LogP contribution is 2.13. The third-order valence-corrected chi connectivity index (χ3v) is 3.61. The number of rotatable bonds is 6. The molecule has 0 aliphatic rings. The minimum absolute atomic E-state index is 0.102. The van der Waals surface area contributed by atoms with Crippen molar-refractivity contribution >= 4 is 21.8 Å². The molecule has 2 rings (SSSR count). The lowest BCUT2D eigenvalue weighted by atomic mass is 10.1. The first kappa shape index (κ1) is 16.7. The maximum atomic E-state index is 12.3. The molecule has 2 aromatic rings. The predicted molar refractivity (Wildman–Crippen MR) is 91.8 cm³/mol. The minimum Gasteiger partial charge on any atom is -0.374 e. The van der Waals surface area contributed by atoms with Crippen LogP contribution in [0.15, 0.2) is 59.1 Å². The summed E-state index contributed by atoms with van der Waals surface area (Å²) >= 11 is 3.37. The van der Waals surface area contributed by atoms with E-state index in [2.05, 4.69) is 21.2 Å². The van der Waals surface area contributed by atoms with Crippen molar-refractivity contribution < 1.29 is 9.53 Å². The second-order valence-corrected chi connectivity index (χ2v) is 6.74. The van der Waals surface area contributed by atoms with Crippen LogP contribution in [0.25, 0.3) is 0 Å². The second-order valence-electron chi connectivity index (χ2n) is 5.83. The van der Waals surface area contributed by atoms with Gasteiger partial charge >= 0.3 is 0 Å². The van der Waals surface area contributed by atoms with Crippen molar-refractivity contribution in [1.82, 2.24) is 5.32 Å². The van der Waals surface area contributed by atoms with E-state index in [1.807, 2.05) is 56.3 Å². The molecule has 0 spiro atoms. The molecule has 0 radical (unpaired) electrons. The number of hydrogen-bond acceptors (Lipinski definition) is 2. The van der Waals surface area contributed by atoms with Crippen molar-refractivity contribution in [3.63, 3.8) is 0 Å². The van der Waals surface area contributed by atoms with Gasteiger partial charge < -0.3 is 10.1 Å². The van der Waals surface area contributed by atoms with Crippen molar-refractivity contribution in [3.8, 4) is 0 Å². The van der Waals surface area contributed by atoms with Gasteiger partial charge in [-0.15, -0.1) is 0 Å². The summed E-state index contributed by atoms with van der Waals surface area (Å²) in [6.07, 6.45) is 0. The summed E-state index contributed by atoms with van der Waals surface area (Å²) in [6, 6.07) is 17.3. The maximum Gasteiger partial charge on any atom is 0.251 e. The molecule has 2 aromatic carbocycles. The molecule has 0 heterocycles. The Morgan fingerprint density at radius 3 is 2.55 bits per heavy atom. The number of amides is 1. The van der Waals surface area contributed by atoms with Crippen molar-refractivity contribution in [2.45, 2.75) is 26.0 Å². The predicted octanol–water partition coefficient (Wildman–Crippen LogP) is 4.17. The molecule has 0 aromatic heterocycles. The Morgan fingerprint density at radius 2 is 1.86 bits per heavy atom. The molecule has 4 heteroatoms. The molecule has 22 heavy (non-hydrogen) atoms. The molecule has 3 nitrogen and oxygen atoms in total. The molecule has 0 fully saturated rings. The van der Waals surface area contributed by atoms with Gasteiger partial charge in [0, 0.05) is 10.0 Å². The average molecular weight is 362 g/mol. The lowest BCUT2D eigenvalue weighted by molar-refractivity contribution is 0.0617. The van der Waals surface area contributed by atoms with Gasteiger partial charge in [0.1, 0.15) is 0 Å². The topological polar surface area (TPSA) is 38.3 Å². The van der Waals surface area contributed by atoms with E-state index in [0.29, 0.717) is 18.8 Å². The first-order chi connectivity index (χ1) is 10.5. The zero-order chi connectivity index (χ0) is 16.0. The first-order valence-electron chi connectivity index (χ1n) is 7.16. The Morgan fingerprint density at radius 1 is 1.14 bits per heavy atom. The number of ether oxygens (including phenoxy) is 1. The summed E-state index contributed by atoms with van der Waals surface area (Å²) in [5.74, 6) is -0.102. The van der Waals surface area contributed by atoms with E-state index in [0.717, 1.165) is 10.0 Å². The molecule has 0 aliphatic heterocycles. The molecule has 1 amide bonds. The molecule has 0 bridgehead atoms.